The molecule has 0 saturated carbocycles. The summed E-state index contributed by atoms with van der Waals surface area (Å²) in [6.07, 6.45) is 0.574. The quantitative estimate of drug-likeness (QED) is 0.806. The van der Waals surface area contributed by atoms with Crippen LogP contribution in [-0.2, 0) is 18.3 Å². The van der Waals surface area contributed by atoms with Crippen molar-refractivity contribution in [3.63, 3.8) is 0 Å². The summed E-state index contributed by atoms with van der Waals surface area (Å²) >= 11 is 0. The topological polar surface area (TPSA) is 75.1 Å². The molecule has 2 N–H and O–H groups in total. The smallest absolute Gasteiger partial charge is 0.303 e. The minimum atomic E-state index is -0.818. The number of nitrogens with zero attached hydrogens (tertiary/aromatic N) is 1. The first-order valence-corrected chi connectivity index (χ1v) is 4.97. The van der Waals surface area contributed by atoms with Crippen LogP contribution in [-0.4, -0.2) is 20.9 Å². The van der Waals surface area contributed by atoms with Crippen molar-refractivity contribution in [2.75, 3.05) is 0 Å². The Morgan fingerprint density at radius 3 is 2.94 bits per heavy atom. The lowest BCUT2D eigenvalue weighted by Crippen LogP contribution is -2.10. The summed E-state index contributed by atoms with van der Waals surface area (Å²) in [5, 5.41) is 12.1. The molecule has 0 radical (unpaired) electrons. The monoisotopic (exact) mass is 220 g/mol. The number of carboxylic acid groups (broad SMARTS) is 1. The first kappa shape index (κ1) is 10.5. The van der Waals surface area contributed by atoms with Crippen molar-refractivity contribution in [1.82, 2.24) is 9.78 Å². The average molecular weight is 220 g/mol. The van der Waals surface area contributed by atoms with Crippen LogP contribution in [0.2, 0.25) is 0 Å². The van der Waals surface area contributed by atoms with Crippen molar-refractivity contribution < 1.29 is 9.90 Å². The summed E-state index contributed by atoms with van der Waals surface area (Å²) in [5.74, 6) is -0.818. The second-order valence-electron chi connectivity index (χ2n) is 3.75. The lowest BCUT2D eigenvalue weighted by atomic mass is 10.1. The lowest BCUT2D eigenvalue weighted by molar-refractivity contribution is -0.136. The van der Waals surface area contributed by atoms with Gasteiger partial charge in [0.15, 0.2) is 0 Å². The number of aromatic nitrogens is 2. The Morgan fingerprint density at radius 1 is 1.50 bits per heavy atom. The first-order chi connectivity index (χ1) is 7.58. The molecule has 0 atom stereocenters. The van der Waals surface area contributed by atoms with Crippen molar-refractivity contribution >= 4 is 16.9 Å². The van der Waals surface area contributed by atoms with E-state index in [0.717, 1.165) is 11.1 Å². The van der Waals surface area contributed by atoms with E-state index >= 15 is 0 Å². The van der Waals surface area contributed by atoms with E-state index in [-0.39, 0.29) is 12.0 Å². The number of hydrogen-bond donors (Lipinski definition) is 2. The van der Waals surface area contributed by atoms with Gasteiger partial charge in [0, 0.05) is 13.5 Å². The lowest BCUT2D eigenvalue weighted by Gasteiger charge is -1.97. The fourth-order valence-corrected chi connectivity index (χ4v) is 1.69. The molecular weight excluding hydrogens is 208 g/mol. The Morgan fingerprint density at radius 2 is 2.25 bits per heavy atom. The Kier molecular flexibility index (Phi) is 2.52. The third kappa shape index (κ3) is 1.84. The van der Waals surface area contributed by atoms with Gasteiger partial charge in [0.2, 0.25) is 0 Å². The number of hydrogen-bond acceptors (Lipinski definition) is 2. The summed E-state index contributed by atoms with van der Waals surface area (Å²) < 4.78 is 1.41. The van der Waals surface area contributed by atoms with Gasteiger partial charge in [-0.15, -0.1) is 0 Å². The second-order valence-corrected chi connectivity index (χ2v) is 3.75. The van der Waals surface area contributed by atoms with Gasteiger partial charge in [0.25, 0.3) is 5.56 Å². The Balaban J connectivity index is 2.37. The van der Waals surface area contributed by atoms with Crippen LogP contribution < -0.4 is 5.56 Å². The fraction of sp³-hybridized carbons (Fsp3) is 0.273. The van der Waals surface area contributed by atoms with Crippen molar-refractivity contribution in [2.24, 2.45) is 7.05 Å². The fourth-order valence-electron chi connectivity index (χ4n) is 1.69. The Labute approximate surface area is 91.3 Å². The van der Waals surface area contributed by atoms with Crippen molar-refractivity contribution in [1.29, 1.82) is 0 Å². The number of carbonyl (C=O) groups is 1. The number of aryl methyl sites for hydroxylation is 2. The molecule has 2 aromatic rings. The molecule has 84 valence electrons. The summed E-state index contributed by atoms with van der Waals surface area (Å²) in [4.78, 5) is 22.0. The average Bonchev–Trinajstić information content (AvgIpc) is 2.52. The van der Waals surface area contributed by atoms with Crippen molar-refractivity contribution in [2.45, 2.75) is 12.8 Å². The van der Waals surface area contributed by atoms with E-state index in [1.807, 2.05) is 6.07 Å². The van der Waals surface area contributed by atoms with E-state index in [4.69, 9.17) is 5.11 Å². The van der Waals surface area contributed by atoms with Crippen LogP contribution >= 0.6 is 0 Å². The van der Waals surface area contributed by atoms with Crippen LogP contribution in [0.25, 0.3) is 10.9 Å². The van der Waals surface area contributed by atoms with Crippen LogP contribution in [0.5, 0.6) is 0 Å². The predicted molar refractivity (Wildman–Crippen MR) is 59.5 cm³/mol. The maximum atomic E-state index is 11.5. The number of aliphatic carboxylic acids is 1. The molecule has 1 aromatic heterocycles. The number of nitrogens with one attached hydrogen (secondary N) is 1. The molecule has 0 fully saturated rings. The number of H-pyrrole nitrogens is 1. The van der Waals surface area contributed by atoms with E-state index in [1.54, 1.807) is 19.2 Å². The Bertz CT molecular complexity index is 595. The second kappa shape index (κ2) is 3.84. The molecule has 16 heavy (non-hydrogen) atoms. The zero-order chi connectivity index (χ0) is 11.7. The maximum absolute atomic E-state index is 11.5. The Hall–Kier alpha value is -2.04. The highest BCUT2D eigenvalue weighted by Crippen LogP contribution is 2.11. The van der Waals surface area contributed by atoms with Gasteiger partial charge < -0.3 is 5.11 Å². The first-order valence-electron chi connectivity index (χ1n) is 4.97. The van der Waals surface area contributed by atoms with Crippen LogP contribution in [0.3, 0.4) is 0 Å². The molecule has 1 aromatic carbocycles. The van der Waals surface area contributed by atoms with E-state index < -0.39 is 5.97 Å². The minimum absolute atomic E-state index is 0.0696. The number of fused-ring (bicyclic) bond motifs is 1. The molecule has 5 heteroatoms. The van der Waals surface area contributed by atoms with Crippen molar-refractivity contribution in [3.8, 4) is 0 Å². The maximum Gasteiger partial charge on any atom is 0.303 e. The van der Waals surface area contributed by atoms with Crippen LogP contribution in [0.15, 0.2) is 23.0 Å². The minimum Gasteiger partial charge on any atom is -0.481 e. The third-order valence-corrected chi connectivity index (χ3v) is 2.53. The predicted octanol–water partition coefficient (Wildman–Crippen LogP) is 0.884. The zero-order valence-electron chi connectivity index (χ0n) is 8.86. The van der Waals surface area contributed by atoms with Gasteiger partial charge in [-0.25, -0.2) is 0 Å². The van der Waals surface area contributed by atoms with E-state index in [1.165, 1.54) is 4.68 Å². The summed E-state index contributed by atoms with van der Waals surface area (Å²) in [5.41, 5.74) is 1.59. The van der Waals surface area contributed by atoms with Gasteiger partial charge in [-0.2, -0.15) is 0 Å². The highest BCUT2D eigenvalue weighted by molar-refractivity contribution is 5.78. The van der Waals surface area contributed by atoms with E-state index in [0.29, 0.717) is 11.8 Å². The van der Waals surface area contributed by atoms with Crippen molar-refractivity contribution in [3.05, 3.63) is 34.1 Å². The number of carboxylic acids is 1. The zero-order valence-corrected chi connectivity index (χ0v) is 8.86. The molecule has 0 unspecified atom stereocenters. The standard InChI is InChI=1S/C11H12N2O3/c1-13-11(16)8-4-2-7(3-5-10(14)15)6-9(8)12-13/h2,4,6,12H,3,5H2,1H3,(H,14,15). The SMILES string of the molecule is Cn1[nH]c2cc(CCC(=O)O)ccc2c1=O. The van der Waals surface area contributed by atoms with Crippen LogP contribution in [0.4, 0.5) is 0 Å². The van der Waals surface area contributed by atoms with E-state index in [2.05, 4.69) is 5.10 Å². The highest BCUT2D eigenvalue weighted by Gasteiger charge is 2.05. The molecule has 1 heterocycles. The highest BCUT2D eigenvalue weighted by atomic mass is 16.4. The molecule has 0 aliphatic rings. The summed E-state index contributed by atoms with van der Waals surface area (Å²) in [6, 6.07) is 5.34. The van der Waals surface area contributed by atoms with Gasteiger partial charge in [-0.1, -0.05) is 6.07 Å². The molecule has 0 bridgehead atoms. The molecule has 0 aliphatic carbocycles. The molecular formula is C11H12N2O3. The molecule has 0 aliphatic heterocycles. The largest absolute Gasteiger partial charge is 0.481 e. The van der Waals surface area contributed by atoms with Crippen LogP contribution in [0, 0.1) is 0 Å². The van der Waals surface area contributed by atoms with Gasteiger partial charge in [-0.3, -0.25) is 19.4 Å². The number of aromatic amines is 1. The van der Waals surface area contributed by atoms with Gasteiger partial charge in [0.1, 0.15) is 0 Å². The van der Waals surface area contributed by atoms with Gasteiger partial charge in [0.05, 0.1) is 10.9 Å². The molecule has 0 saturated heterocycles. The van der Waals surface area contributed by atoms with E-state index in [9.17, 15) is 9.59 Å². The third-order valence-electron chi connectivity index (χ3n) is 2.53. The van der Waals surface area contributed by atoms with Gasteiger partial charge in [-0.05, 0) is 24.1 Å². The molecule has 0 amide bonds. The summed E-state index contributed by atoms with van der Waals surface area (Å²) in [7, 11) is 1.65. The van der Waals surface area contributed by atoms with Crippen LogP contribution in [0.1, 0.15) is 12.0 Å². The molecule has 5 nitrogen and oxygen atoms in total. The summed E-state index contributed by atoms with van der Waals surface area (Å²) in [6.45, 7) is 0. The number of benzene rings is 1. The number of rotatable bonds is 3. The molecule has 2 rings (SSSR count). The molecule has 0 spiro atoms. The van der Waals surface area contributed by atoms with Gasteiger partial charge >= 0.3 is 5.97 Å². The normalized spacial score (nSPS) is 10.8.